The summed E-state index contributed by atoms with van der Waals surface area (Å²) in [5.41, 5.74) is 2.40. The summed E-state index contributed by atoms with van der Waals surface area (Å²) >= 11 is 0. The normalized spacial score (nSPS) is 25.9. The number of allylic oxidation sites excluding steroid dienone is 3. The minimum absolute atomic E-state index is 0.595. The minimum atomic E-state index is -0.903. The predicted octanol–water partition coefficient (Wildman–Crippen LogP) is 2.73. The Bertz CT molecular complexity index is 279. The van der Waals surface area contributed by atoms with Crippen molar-refractivity contribution in [3.8, 4) is 0 Å². The predicted molar refractivity (Wildman–Crippen MR) is 69.0 cm³/mol. The third-order valence-corrected chi connectivity index (χ3v) is 2.93. The van der Waals surface area contributed by atoms with E-state index >= 15 is 0 Å². The van der Waals surface area contributed by atoms with E-state index in [1.807, 2.05) is 19.9 Å². The molecule has 0 aromatic heterocycles. The Morgan fingerprint density at radius 3 is 2.67 bits per heavy atom. The van der Waals surface area contributed by atoms with Crippen LogP contribution in [0.5, 0.6) is 0 Å². The van der Waals surface area contributed by atoms with Gasteiger partial charge >= 0.3 is 0 Å². The molecule has 86 valence electrons. The van der Waals surface area contributed by atoms with E-state index in [-0.39, 0.29) is 0 Å². The fraction of sp³-hybridized carbons (Fsp3) is 0.500. The van der Waals surface area contributed by atoms with Gasteiger partial charge in [-0.05, 0) is 17.6 Å². The van der Waals surface area contributed by atoms with Crippen LogP contribution in [-0.2, 0) is 11.0 Å². The summed E-state index contributed by atoms with van der Waals surface area (Å²) in [4.78, 5) is 0. The van der Waals surface area contributed by atoms with Gasteiger partial charge in [0.15, 0.2) is 0 Å². The Hall–Kier alpha value is -0.670. The summed E-state index contributed by atoms with van der Waals surface area (Å²) in [6.07, 6.45) is 6.87. The Morgan fingerprint density at radius 1 is 1.47 bits per heavy atom. The standard InChI is InChI=1S/C10H15NOS.C2H6/c1-3-5-9-7-11-13(12)8-10(9)6-4-2;1-2/h4-6,11H,2-3,7-8H2,1H3;1-2H3/b9-5-,10-6-;. The van der Waals surface area contributed by atoms with Gasteiger partial charge < -0.3 is 0 Å². The largest absolute Gasteiger partial charge is 0.243 e. The van der Waals surface area contributed by atoms with Gasteiger partial charge in [0.05, 0.1) is 16.7 Å². The molecule has 3 heteroatoms. The summed E-state index contributed by atoms with van der Waals surface area (Å²) in [7, 11) is -0.903. The van der Waals surface area contributed by atoms with Crippen LogP contribution < -0.4 is 4.72 Å². The Morgan fingerprint density at radius 2 is 2.13 bits per heavy atom. The fourth-order valence-electron chi connectivity index (χ4n) is 1.30. The molecule has 0 radical (unpaired) electrons. The van der Waals surface area contributed by atoms with Gasteiger partial charge in [0.1, 0.15) is 0 Å². The van der Waals surface area contributed by atoms with E-state index in [4.69, 9.17) is 0 Å². The van der Waals surface area contributed by atoms with Gasteiger partial charge in [-0.25, -0.2) is 8.93 Å². The average molecular weight is 227 g/mol. The van der Waals surface area contributed by atoms with E-state index in [9.17, 15) is 4.21 Å². The molecule has 1 unspecified atom stereocenters. The number of rotatable bonds is 2. The highest BCUT2D eigenvalue weighted by Crippen LogP contribution is 2.15. The number of nitrogens with one attached hydrogen (secondary N) is 1. The monoisotopic (exact) mass is 227 g/mol. The molecule has 1 aliphatic heterocycles. The molecule has 1 atom stereocenters. The maximum absolute atomic E-state index is 11.2. The summed E-state index contributed by atoms with van der Waals surface area (Å²) in [5, 5.41) is 0. The van der Waals surface area contributed by atoms with Crippen LogP contribution in [0.15, 0.2) is 36.0 Å². The van der Waals surface area contributed by atoms with Crippen molar-refractivity contribution in [3.63, 3.8) is 0 Å². The highest BCUT2D eigenvalue weighted by molar-refractivity contribution is 7.83. The van der Waals surface area contributed by atoms with Crippen LogP contribution in [-0.4, -0.2) is 16.5 Å². The quantitative estimate of drug-likeness (QED) is 0.772. The van der Waals surface area contributed by atoms with Gasteiger partial charge in [-0.15, -0.1) is 0 Å². The number of hydrogen-bond acceptors (Lipinski definition) is 1. The zero-order valence-corrected chi connectivity index (χ0v) is 10.7. The third-order valence-electron chi connectivity index (χ3n) is 1.89. The van der Waals surface area contributed by atoms with Crippen molar-refractivity contribution in [1.82, 2.24) is 4.72 Å². The molecule has 1 saturated heterocycles. The van der Waals surface area contributed by atoms with Gasteiger partial charge in [-0.3, -0.25) is 0 Å². The summed E-state index contributed by atoms with van der Waals surface area (Å²) < 4.78 is 14.1. The Labute approximate surface area is 95.7 Å². The summed E-state index contributed by atoms with van der Waals surface area (Å²) in [5.74, 6) is 0.595. The molecule has 0 aromatic rings. The second kappa shape index (κ2) is 8.62. The second-order valence-corrected chi connectivity index (χ2v) is 4.14. The molecule has 0 saturated carbocycles. The molecule has 0 aromatic carbocycles. The van der Waals surface area contributed by atoms with Gasteiger partial charge in [0.2, 0.25) is 0 Å². The molecule has 0 amide bonds. The molecule has 1 fully saturated rings. The van der Waals surface area contributed by atoms with Crippen LogP contribution in [0.2, 0.25) is 0 Å². The van der Waals surface area contributed by atoms with Gasteiger partial charge in [-0.2, -0.15) is 0 Å². The second-order valence-electron chi connectivity index (χ2n) is 2.88. The van der Waals surface area contributed by atoms with E-state index < -0.39 is 11.0 Å². The average Bonchev–Trinajstić information content (AvgIpc) is 2.26. The molecule has 1 heterocycles. The summed E-state index contributed by atoms with van der Waals surface area (Å²) in [6, 6.07) is 0. The molecule has 15 heavy (non-hydrogen) atoms. The van der Waals surface area contributed by atoms with Crippen LogP contribution in [0.4, 0.5) is 0 Å². The van der Waals surface area contributed by atoms with Crippen LogP contribution in [0.25, 0.3) is 0 Å². The summed E-state index contributed by atoms with van der Waals surface area (Å²) in [6.45, 7) is 10.5. The van der Waals surface area contributed by atoms with Crippen molar-refractivity contribution in [2.24, 2.45) is 0 Å². The lowest BCUT2D eigenvalue weighted by Gasteiger charge is -2.18. The van der Waals surface area contributed by atoms with Crippen molar-refractivity contribution in [3.05, 3.63) is 36.0 Å². The van der Waals surface area contributed by atoms with E-state index in [0.717, 1.165) is 12.0 Å². The van der Waals surface area contributed by atoms with Gasteiger partial charge in [0, 0.05) is 6.54 Å². The first-order valence-electron chi connectivity index (χ1n) is 5.40. The van der Waals surface area contributed by atoms with Crippen LogP contribution >= 0.6 is 0 Å². The zero-order valence-electron chi connectivity index (χ0n) is 9.88. The SMILES string of the molecule is C=C/C=C1/CS(=O)NC/C1=C/CC.CC. The molecule has 0 spiro atoms. The van der Waals surface area contributed by atoms with Crippen molar-refractivity contribution in [2.75, 3.05) is 12.3 Å². The highest BCUT2D eigenvalue weighted by atomic mass is 32.2. The van der Waals surface area contributed by atoms with Crippen molar-refractivity contribution in [2.45, 2.75) is 27.2 Å². The lowest BCUT2D eigenvalue weighted by molar-refractivity contribution is 0.673. The first kappa shape index (κ1) is 14.3. The zero-order chi connectivity index (χ0) is 11.7. The third kappa shape index (κ3) is 5.09. The first-order chi connectivity index (χ1) is 7.27. The topological polar surface area (TPSA) is 29.1 Å². The van der Waals surface area contributed by atoms with Crippen LogP contribution in [0.1, 0.15) is 27.2 Å². The van der Waals surface area contributed by atoms with Crippen molar-refractivity contribution < 1.29 is 4.21 Å². The lowest BCUT2D eigenvalue weighted by atomic mass is 10.1. The van der Waals surface area contributed by atoms with Gasteiger partial charge in [0.25, 0.3) is 0 Å². The highest BCUT2D eigenvalue weighted by Gasteiger charge is 2.14. The molecule has 1 aliphatic rings. The lowest BCUT2D eigenvalue weighted by Crippen LogP contribution is -2.30. The van der Waals surface area contributed by atoms with Crippen LogP contribution in [0, 0.1) is 0 Å². The molecule has 0 aliphatic carbocycles. The van der Waals surface area contributed by atoms with E-state index in [0.29, 0.717) is 12.3 Å². The van der Waals surface area contributed by atoms with E-state index in [2.05, 4.69) is 24.3 Å². The van der Waals surface area contributed by atoms with Gasteiger partial charge in [-0.1, -0.05) is 45.6 Å². The first-order valence-corrected chi connectivity index (χ1v) is 6.72. The minimum Gasteiger partial charge on any atom is -0.243 e. The van der Waals surface area contributed by atoms with E-state index in [1.54, 1.807) is 6.08 Å². The Balaban J connectivity index is 0.000000921. The molecular formula is C12H21NOS. The molecule has 2 nitrogen and oxygen atoms in total. The number of hydrogen-bond donors (Lipinski definition) is 1. The maximum atomic E-state index is 11.2. The smallest absolute Gasteiger partial charge is 0.0963 e. The van der Waals surface area contributed by atoms with Crippen molar-refractivity contribution >= 4 is 11.0 Å². The van der Waals surface area contributed by atoms with E-state index in [1.165, 1.54) is 5.57 Å². The molecular weight excluding hydrogens is 206 g/mol. The molecule has 1 N–H and O–H groups in total. The fourth-order valence-corrected chi connectivity index (χ4v) is 2.29. The Kier molecular flexibility index (Phi) is 8.24. The maximum Gasteiger partial charge on any atom is 0.0963 e. The molecule has 0 bridgehead atoms. The van der Waals surface area contributed by atoms with Crippen molar-refractivity contribution in [1.29, 1.82) is 0 Å². The van der Waals surface area contributed by atoms with Crippen LogP contribution in [0.3, 0.4) is 0 Å². The molecule has 1 rings (SSSR count).